The zero-order chi connectivity index (χ0) is 48.0. The fourth-order valence-corrected chi connectivity index (χ4v) is 11.2. The van der Waals surface area contributed by atoms with Gasteiger partial charge in [-0.05, 0) is 91.2 Å². The van der Waals surface area contributed by atoms with Crippen molar-refractivity contribution in [1.29, 1.82) is 0 Å². The quantitative estimate of drug-likeness (QED) is 0.0877. The number of piperidine rings is 2. The first-order chi connectivity index (χ1) is 31.4. The molecule has 4 saturated heterocycles. The minimum atomic E-state index is -0.814. The maximum atomic E-state index is 12.8. The van der Waals surface area contributed by atoms with Crippen LogP contribution in [0.5, 0.6) is 0 Å². The lowest BCUT2D eigenvalue weighted by Gasteiger charge is -2.62. The van der Waals surface area contributed by atoms with Crippen LogP contribution in [-0.4, -0.2) is 94.4 Å². The van der Waals surface area contributed by atoms with E-state index in [-0.39, 0.29) is 83.6 Å². The van der Waals surface area contributed by atoms with Crippen molar-refractivity contribution in [3.05, 3.63) is 71.8 Å². The predicted molar refractivity (Wildman–Crippen MR) is 255 cm³/mol. The van der Waals surface area contributed by atoms with Crippen LogP contribution in [0.4, 0.5) is 0 Å². The molecule has 370 valence electrons. The van der Waals surface area contributed by atoms with Gasteiger partial charge in [0.05, 0.1) is 24.3 Å². The number of rotatable bonds is 21. The van der Waals surface area contributed by atoms with Gasteiger partial charge in [0.15, 0.2) is 11.6 Å². The molecule has 0 amide bonds. The van der Waals surface area contributed by atoms with Gasteiger partial charge >= 0.3 is 11.9 Å². The van der Waals surface area contributed by atoms with E-state index in [1.54, 1.807) is 0 Å². The normalized spacial score (nSPS) is 35.9. The number of hydrogen-bond donors (Lipinski definition) is 0. The second-order valence-electron chi connectivity index (χ2n) is 20.8. The molecule has 12 unspecified atom stereocenters. The van der Waals surface area contributed by atoms with Gasteiger partial charge in [0.2, 0.25) is 0 Å². The summed E-state index contributed by atoms with van der Waals surface area (Å²) >= 11 is 0. The second-order valence-corrected chi connectivity index (χ2v) is 20.8. The summed E-state index contributed by atoms with van der Waals surface area (Å²) in [4.78, 5) is 39.4. The van der Waals surface area contributed by atoms with Crippen LogP contribution >= 0.6 is 0 Å². The Hall–Kier alpha value is -2.94. The van der Waals surface area contributed by atoms with Crippen LogP contribution in [0.2, 0.25) is 0 Å². The molecule has 2 spiro atoms. The van der Waals surface area contributed by atoms with Crippen LogP contribution in [0.1, 0.15) is 183 Å². The Balaban J connectivity index is 0.890. The molecule has 2 aromatic carbocycles. The van der Waals surface area contributed by atoms with Gasteiger partial charge in [-0.15, -0.1) is 0 Å². The zero-order valence-electron chi connectivity index (χ0n) is 42.5. The minimum absolute atomic E-state index is 0.0180. The Morgan fingerprint density at radius 3 is 1.29 bits per heavy atom. The van der Waals surface area contributed by atoms with Gasteiger partial charge in [-0.25, -0.2) is 0 Å². The summed E-state index contributed by atoms with van der Waals surface area (Å²) < 4.78 is 38.2. The van der Waals surface area contributed by atoms with Crippen LogP contribution in [0.25, 0.3) is 0 Å². The Morgan fingerprint density at radius 2 is 0.955 bits per heavy atom. The first-order valence-corrected chi connectivity index (χ1v) is 25.3. The van der Waals surface area contributed by atoms with E-state index in [9.17, 15) is 9.59 Å². The lowest BCUT2D eigenvalue weighted by molar-refractivity contribution is -0.380. The molecule has 12 atom stereocenters. The summed E-state index contributed by atoms with van der Waals surface area (Å²) in [6, 6.07) is 20.7. The summed E-state index contributed by atoms with van der Waals surface area (Å²) in [6.07, 6.45) is 7.38. The molecule has 4 fully saturated rings. The summed E-state index contributed by atoms with van der Waals surface area (Å²) in [5.74, 6) is -2.15. The van der Waals surface area contributed by atoms with Crippen molar-refractivity contribution >= 4 is 11.9 Å². The van der Waals surface area contributed by atoms with Crippen molar-refractivity contribution in [3.8, 4) is 0 Å². The molecule has 0 aromatic heterocycles. The third kappa shape index (κ3) is 10.9. The van der Waals surface area contributed by atoms with Gasteiger partial charge in [0, 0.05) is 48.6 Å². The summed E-state index contributed by atoms with van der Waals surface area (Å²) in [6.45, 7) is 27.4. The fraction of sp³-hybridized carbons (Fsp3) is 0.741. The predicted octanol–water partition coefficient (Wildman–Crippen LogP) is 11.4. The Bertz CT molecular complexity index is 1740. The van der Waals surface area contributed by atoms with Crippen LogP contribution in [-0.2, 0) is 47.7 Å². The maximum Gasteiger partial charge on any atom is 0.305 e. The van der Waals surface area contributed by atoms with Crippen molar-refractivity contribution in [3.63, 3.8) is 0 Å². The molecule has 0 aliphatic carbocycles. The number of hydrogen-bond acceptors (Lipinski definition) is 12. The van der Waals surface area contributed by atoms with E-state index in [1.165, 1.54) is 0 Å². The molecule has 0 saturated carbocycles. The molecule has 4 heterocycles. The number of benzene rings is 2. The molecule has 0 bridgehead atoms. The van der Waals surface area contributed by atoms with Gasteiger partial charge < -0.3 is 28.4 Å². The largest absolute Gasteiger partial charge is 0.463 e. The van der Waals surface area contributed by atoms with Gasteiger partial charge in [0.25, 0.3) is 0 Å². The van der Waals surface area contributed by atoms with E-state index in [4.69, 9.17) is 38.1 Å². The monoisotopic (exact) mass is 921 g/mol. The molecule has 12 heteroatoms. The van der Waals surface area contributed by atoms with E-state index >= 15 is 0 Å². The van der Waals surface area contributed by atoms with E-state index in [0.717, 1.165) is 49.7 Å². The number of carbonyl (C=O) groups excluding carboxylic acids is 2. The van der Waals surface area contributed by atoms with Crippen LogP contribution in [0.3, 0.4) is 0 Å². The summed E-state index contributed by atoms with van der Waals surface area (Å²) in [5.41, 5.74) is 0.819. The van der Waals surface area contributed by atoms with Crippen LogP contribution in [0, 0.1) is 11.8 Å². The molecular weight excluding hydrogens is 837 g/mol. The van der Waals surface area contributed by atoms with E-state index in [0.29, 0.717) is 51.7 Å². The number of unbranched alkanes of at least 4 members (excludes halogenated alkanes) is 3. The number of nitrogens with zero attached hydrogens (tertiary/aromatic N) is 2. The average Bonchev–Trinajstić information content (AvgIpc) is 3.94. The topological polar surface area (TPSA) is 114 Å². The van der Waals surface area contributed by atoms with E-state index in [1.807, 2.05) is 36.4 Å². The standard InChI is InChI=1S/C54H84N2O10/c1-13-49(9)37-53(41(7)51(11,15-3)55(49)65-39(5)43-27-21-19-22-28-43)61-35-45(63-53)33-59-47(57)31-25-17-18-26-32-48(58)60-34-46-36-62-54(64-46)38-50(10,14-2)56(52(12,16-4)42(54)8)66-40(6)44-29-23-20-24-30-44/h19-24,27-30,39-42,45-46H,13-18,25-26,31-38H2,1-12H3. The van der Waals surface area contributed by atoms with Crippen molar-refractivity contribution in [2.45, 2.75) is 218 Å². The molecule has 2 aromatic rings. The number of hydroxylamine groups is 4. The Labute approximate surface area is 396 Å². The molecule has 66 heavy (non-hydrogen) atoms. The highest BCUT2D eigenvalue weighted by Crippen LogP contribution is 2.56. The highest BCUT2D eigenvalue weighted by atomic mass is 16.8. The molecule has 12 nitrogen and oxygen atoms in total. The van der Waals surface area contributed by atoms with Gasteiger partial charge in [-0.2, -0.15) is 10.1 Å². The molecule has 4 aliphatic rings. The third-order valence-corrected chi connectivity index (χ3v) is 16.5. The van der Waals surface area contributed by atoms with Crippen molar-refractivity contribution < 1.29 is 47.7 Å². The fourth-order valence-electron chi connectivity index (χ4n) is 11.2. The lowest BCUT2D eigenvalue weighted by Crippen LogP contribution is -2.71. The minimum Gasteiger partial charge on any atom is -0.463 e. The third-order valence-electron chi connectivity index (χ3n) is 16.5. The molecule has 6 rings (SSSR count). The molecular formula is C54H84N2O10. The molecule has 0 N–H and O–H groups in total. The van der Waals surface area contributed by atoms with Crippen molar-refractivity contribution in [2.75, 3.05) is 26.4 Å². The highest BCUT2D eigenvalue weighted by Gasteiger charge is 2.66. The Morgan fingerprint density at radius 1 is 0.591 bits per heavy atom. The number of esters is 2. The van der Waals surface area contributed by atoms with Crippen molar-refractivity contribution in [2.24, 2.45) is 11.8 Å². The van der Waals surface area contributed by atoms with Crippen LogP contribution < -0.4 is 0 Å². The maximum absolute atomic E-state index is 12.8. The smallest absolute Gasteiger partial charge is 0.305 e. The molecule has 0 radical (unpaired) electrons. The van der Waals surface area contributed by atoms with Crippen LogP contribution in [0.15, 0.2) is 60.7 Å². The molecule has 4 aliphatic heterocycles. The average molecular weight is 921 g/mol. The van der Waals surface area contributed by atoms with Crippen molar-refractivity contribution in [1.82, 2.24) is 10.1 Å². The van der Waals surface area contributed by atoms with Gasteiger partial charge in [-0.3, -0.25) is 19.3 Å². The SMILES string of the molecule is CCC1(C)CC2(OCC(COC(=O)CCCCCCC(=O)OCC3COC4(CC(C)(CC)N(OC(C)c5ccccc5)C(C)(CC)C4C)O3)O2)C(C)C(C)(CC)N1OC(C)c1ccccc1. The first kappa shape index (κ1) is 52.4. The number of carbonyl (C=O) groups is 2. The zero-order valence-corrected chi connectivity index (χ0v) is 42.5. The first-order valence-electron chi connectivity index (χ1n) is 25.3. The number of ether oxygens (including phenoxy) is 6. The summed E-state index contributed by atoms with van der Waals surface area (Å²) in [7, 11) is 0. The van der Waals surface area contributed by atoms with E-state index < -0.39 is 11.6 Å². The van der Waals surface area contributed by atoms with Gasteiger partial charge in [0.1, 0.15) is 37.6 Å². The highest BCUT2D eigenvalue weighted by molar-refractivity contribution is 5.69. The summed E-state index contributed by atoms with van der Waals surface area (Å²) in [5, 5.41) is 4.48. The second kappa shape index (κ2) is 21.8. The Kier molecular flexibility index (Phi) is 17.3. The van der Waals surface area contributed by atoms with Gasteiger partial charge in [-0.1, -0.05) is 115 Å². The lowest BCUT2D eigenvalue weighted by atomic mass is 9.67. The van der Waals surface area contributed by atoms with E-state index in [2.05, 4.69) is 117 Å².